The van der Waals surface area contributed by atoms with Crippen LogP contribution in [0.2, 0.25) is 0 Å². The normalized spacial score (nSPS) is 15.8. The first-order valence-corrected chi connectivity index (χ1v) is 12.5. The fourth-order valence-corrected chi connectivity index (χ4v) is 4.60. The number of ether oxygens (including phenoxy) is 2. The van der Waals surface area contributed by atoms with E-state index >= 15 is 4.39 Å². The van der Waals surface area contributed by atoms with Crippen molar-refractivity contribution in [1.29, 1.82) is 0 Å². The quantitative estimate of drug-likeness (QED) is 0.435. The third-order valence-electron chi connectivity index (χ3n) is 6.50. The molecule has 0 amide bonds. The molecule has 1 aromatic carbocycles. The molecule has 0 bridgehead atoms. The van der Waals surface area contributed by atoms with Crippen molar-refractivity contribution < 1.29 is 13.9 Å². The van der Waals surface area contributed by atoms with E-state index in [0.29, 0.717) is 29.6 Å². The standard InChI is InChI=1S/C27H32FN7O2/c1-4-5-20-16-24(33-32-20)29-23-17-25(35-10-8-34(9-11-35)12-13-36-3)31-27(30-23)37-22-7-6-19-14-18(2)15-21(19)26(22)28/h4-7,15-17H,8-14H2,1-3H3,(H2,29,30,31,32,33)/b5-4+. The van der Waals surface area contributed by atoms with Crippen molar-refractivity contribution in [2.24, 2.45) is 0 Å². The fourth-order valence-electron chi connectivity index (χ4n) is 4.60. The van der Waals surface area contributed by atoms with Crippen LogP contribution in [0.15, 0.2) is 35.9 Å². The molecule has 2 N–H and O–H groups in total. The van der Waals surface area contributed by atoms with E-state index in [1.165, 1.54) is 0 Å². The zero-order valence-electron chi connectivity index (χ0n) is 21.4. The van der Waals surface area contributed by atoms with E-state index in [9.17, 15) is 0 Å². The molecule has 1 saturated heterocycles. The van der Waals surface area contributed by atoms with E-state index in [1.54, 1.807) is 13.2 Å². The molecule has 0 spiro atoms. The molecule has 10 heteroatoms. The van der Waals surface area contributed by atoms with Crippen molar-refractivity contribution in [2.45, 2.75) is 20.3 Å². The van der Waals surface area contributed by atoms with Crippen LogP contribution in [0.1, 0.15) is 30.7 Å². The Morgan fingerprint density at radius 3 is 2.76 bits per heavy atom. The summed E-state index contributed by atoms with van der Waals surface area (Å²) in [5.74, 6) is 1.54. The van der Waals surface area contributed by atoms with E-state index in [-0.39, 0.29) is 11.8 Å². The van der Waals surface area contributed by atoms with Gasteiger partial charge in [-0.3, -0.25) is 10.00 Å². The second-order valence-electron chi connectivity index (χ2n) is 9.27. The van der Waals surface area contributed by atoms with Crippen LogP contribution in [0, 0.1) is 5.82 Å². The van der Waals surface area contributed by atoms with E-state index < -0.39 is 5.82 Å². The lowest BCUT2D eigenvalue weighted by atomic mass is 10.1. The minimum Gasteiger partial charge on any atom is -0.421 e. The van der Waals surface area contributed by atoms with Crippen LogP contribution in [0.25, 0.3) is 12.2 Å². The van der Waals surface area contributed by atoms with Crippen molar-refractivity contribution in [3.05, 3.63) is 58.6 Å². The maximum atomic E-state index is 15.3. The van der Waals surface area contributed by atoms with Crippen molar-refractivity contribution in [1.82, 2.24) is 25.1 Å². The van der Waals surface area contributed by atoms with Gasteiger partial charge in [0, 0.05) is 57.5 Å². The van der Waals surface area contributed by atoms with Crippen LogP contribution in [0.4, 0.5) is 21.8 Å². The minimum absolute atomic E-state index is 0.0728. The van der Waals surface area contributed by atoms with Gasteiger partial charge in [0.15, 0.2) is 17.4 Å². The largest absolute Gasteiger partial charge is 0.421 e. The number of aromatic nitrogens is 4. The third kappa shape index (κ3) is 5.81. The first-order chi connectivity index (χ1) is 18.0. The molecule has 9 nitrogen and oxygen atoms in total. The molecule has 3 aromatic rings. The molecule has 194 valence electrons. The lowest BCUT2D eigenvalue weighted by Crippen LogP contribution is -2.47. The Hall–Kier alpha value is -3.76. The number of hydrogen-bond donors (Lipinski definition) is 2. The predicted molar refractivity (Wildman–Crippen MR) is 143 cm³/mol. The molecule has 0 atom stereocenters. The summed E-state index contributed by atoms with van der Waals surface area (Å²) in [6.45, 7) is 8.92. The van der Waals surface area contributed by atoms with Gasteiger partial charge in [0.25, 0.3) is 0 Å². The number of nitrogens with one attached hydrogen (secondary N) is 2. The number of aromatic amines is 1. The van der Waals surface area contributed by atoms with E-state index in [2.05, 4.69) is 35.3 Å². The molecule has 37 heavy (non-hydrogen) atoms. The lowest BCUT2D eigenvalue weighted by Gasteiger charge is -2.35. The number of allylic oxidation sites excluding steroid dienone is 2. The van der Waals surface area contributed by atoms with E-state index in [1.807, 2.05) is 50.3 Å². The Bertz CT molecular complexity index is 1310. The van der Waals surface area contributed by atoms with Crippen LogP contribution in [0.3, 0.4) is 0 Å². The minimum atomic E-state index is -0.395. The topological polar surface area (TPSA) is 91.4 Å². The number of nitrogens with zero attached hydrogens (tertiary/aromatic N) is 5. The summed E-state index contributed by atoms with van der Waals surface area (Å²) in [5, 5.41) is 10.5. The molecular formula is C27H32FN7O2. The van der Waals surface area contributed by atoms with Crippen molar-refractivity contribution in [3.8, 4) is 11.8 Å². The van der Waals surface area contributed by atoms with Crippen LogP contribution in [-0.2, 0) is 11.2 Å². The van der Waals surface area contributed by atoms with Gasteiger partial charge in [-0.05, 0) is 38.0 Å². The summed E-state index contributed by atoms with van der Waals surface area (Å²) in [7, 11) is 1.72. The Kier molecular flexibility index (Phi) is 7.47. The second-order valence-corrected chi connectivity index (χ2v) is 9.27. The highest BCUT2D eigenvalue weighted by atomic mass is 19.1. The first-order valence-electron chi connectivity index (χ1n) is 12.5. The highest BCUT2D eigenvalue weighted by molar-refractivity contribution is 5.66. The summed E-state index contributed by atoms with van der Waals surface area (Å²) in [6, 6.07) is 7.37. The van der Waals surface area contributed by atoms with Gasteiger partial charge >= 0.3 is 6.01 Å². The predicted octanol–water partition coefficient (Wildman–Crippen LogP) is 4.64. The summed E-state index contributed by atoms with van der Waals surface area (Å²) in [5.41, 5.74) is 3.52. The summed E-state index contributed by atoms with van der Waals surface area (Å²) >= 11 is 0. The smallest absolute Gasteiger partial charge is 0.326 e. The van der Waals surface area contributed by atoms with Crippen LogP contribution in [0.5, 0.6) is 11.8 Å². The average Bonchev–Trinajstić information content (AvgIpc) is 3.50. The van der Waals surface area contributed by atoms with Gasteiger partial charge in [-0.15, -0.1) is 0 Å². The monoisotopic (exact) mass is 505 g/mol. The average molecular weight is 506 g/mol. The Morgan fingerprint density at radius 1 is 1.14 bits per heavy atom. The van der Waals surface area contributed by atoms with Gasteiger partial charge in [-0.25, -0.2) is 4.39 Å². The number of benzene rings is 1. The second kappa shape index (κ2) is 11.1. The van der Waals surface area contributed by atoms with Gasteiger partial charge in [-0.2, -0.15) is 15.1 Å². The Morgan fingerprint density at radius 2 is 1.97 bits per heavy atom. The van der Waals surface area contributed by atoms with Crippen molar-refractivity contribution in [2.75, 3.05) is 56.7 Å². The summed E-state index contributed by atoms with van der Waals surface area (Å²) < 4.78 is 26.4. The summed E-state index contributed by atoms with van der Waals surface area (Å²) in [6.07, 6.45) is 6.47. The number of piperazine rings is 1. The molecule has 0 unspecified atom stereocenters. The van der Waals surface area contributed by atoms with Crippen molar-refractivity contribution >= 4 is 29.6 Å². The van der Waals surface area contributed by atoms with Crippen LogP contribution >= 0.6 is 0 Å². The zero-order valence-corrected chi connectivity index (χ0v) is 21.4. The van der Waals surface area contributed by atoms with Crippen LogP contribution in [-0.4, -0.2) is 71.5 Å². The molecule has 1 aliphatic carbocycles. The number of methoxy groups -OCH3 is 1. The van der Waals surface area contributed by atoms with E-state index in [0.717, 1.165) is 56.0 Å². The first kappa shape index (κ1) is 24.9. The molecule has 5 rings (SSSR count). The number of rotatable bonds is 9. The number of hydrogen-bond acceptors (Lipinski definition) is 8. The number of anilines is 3. The molecule has 0 saturated carbocycles. The van der Waals surface area contributed by atoms with Gasteiger partial charge in [0.2, 0.25) is 0 Å². The summed E-state index contributed by atoms with van der Waals surface area (Å²) in [4.78, 5) is 13.7. The molecule has 2 aromatic heterocycles. The highest BCUT2D eigenvalue weighted by Gasteiger charge is 2.22. The molecule has 0 radical (unpaired) electrons. The van der Waals surface area contributed by atoms with Gasteiger partial charge in [0.05, 0.1) is 12.3 Å². The Balaban J connectivity index is 1.41. The SMILES string of the molecule is C/C=C/c1cc(Nc2cc(N3CCN(CCOC)CC3)nc(Oc3ccc4c(c3F)C=C(C)C4)n2)n[nH]1. The van der Waals surface area contributed by atoms with Crippen molar-refractivity contribution in [3.63, 3.8) is 0 Å². The third-order valence-corrected chi connectivity index (χ3v) is 6.50. The fraction of sp³-hybridized carbons (Fsp3) is 0.370. The lowest BCUT2D eigenvalue weighted by molar-refractivity contribution is 0.144. The van der Waals surface area contributed by atoms with Gasteiger partial charge in [0.1, 0.15) is 11.6 Å². The van der Waals surface area contributed by atoms with Crippen LogP contribution < -0.4 is 15.0 Å². The molecular weight excluding hydrogens is 473 g/mol. The number of halogens is 1. The number of H-pyrrole nitrogens is 1. The maximum absolute atomic E-state index is 15.3. The highest BCUT2D eigenvalue weighted by Crippen LogP contribution is 2.34. The van der Waals surface area contributed by atoms with Gasteiger partial charge in [-0.1, -0.05) is 23.8 Å². The molecule has 1 fully saturated rings. The number of fused-ring (bicyclic) bond motifs is 1. The molecule has 3 heterocycles. The molecule has 2 aliphatic rings. The van der Waals surface area contributed by atoms with Gasteiger partial charge < -0.3 is 19.7 Å². The van der Waals surface area contributed by atoms with E-state index in [4.69, 9.17) is 9.47 Å². The Labute approximate surface area is 216 Å². The molecule has 1 aliphatic heterocycles. The maximum Gasteiger partial charge on any atom is 0.326 e. The zero-order chi connectivity index (χ0) is 25.8.